The number of aryl methyl sites for hydroxylation is 1. The predicted octanol–water partition coefficient (Wildman–Crippen LogP) is 4.61. The SMILES string of the molecule is CNCCCc1ccccc1Sc1c[nH]c2cc(F)ccc12. The molecule has 3 aromatic rings. The van der Waals surface area contributed by atoms with Gasteiger partial charge in [-0.15, -0.1) is 0 Å². The van der Waals surface area contributed by atoms with Gasteiger partial charge in [-0.2, -0.15) is 0 Å². The van der Waals surface area contributed by atoms with Crippen LogP contribution in [-0.2, 0) is 6.42 Å². The molecule has 0 atom stereocenters. The summed E-state index contributed by atoms with van der Waals surface area (Å²) in [5.41, 5.74) is 2.20. The van der Waals surface area contributed by atoms with Crippen LogP contribution in [0.15, 0.2) is 58.5 Å². The molecule has 1 heterocycles. The fourth-order valence-corrected chi connectivity index (χ4v) is 3.63. The number of hydrogen-bond donors (Lipinski definition) is 2. The van der Waals surface area contributed by atoms with Crippen LogP contribution < -0.4 is 5.32 Å². The van der Waals surface area contributed by atoms with E-state index in [4.69, 9.17) is 0 Å². The summed E-state index contributed by atoms with van der Waals surface area (Å²) in [6, 6.07) is 13.4. The minimum absolute atomic E-state index is 0.210. The van der Waals surface area contributed by atoms with Gasteiger partial charge < -0.3 is 10.3 Å². The molecule has 0 saturated heterocycles. The summed E-state index contributed by atoms with van der Waals surface area (Å²) in [5, 5.41) is 4.25. The zero-order valence-electron chi connectivity index (χ0n) is 12.5. The summed E-state index contributed by atoms with van der Waals surface area (Å²) in [6.45, 7) is 1.02. The van der Waals surface area contributed by atoms with Crippen LogP contribution in [0.5, 0.6) is 0 Å². The molecule has 2 nitrogen and oxygen atoms in total. The molecule has 0 saturated carbocycles. The fourth-order valence-electron chi connectivity index (χ4n) is 2.54. The second-order valence-corrected chi connectivity index (χ2v) is 6.34. The fraction of sp³-hybridized carbons (Fsp3) is 0.222. The molecule has 0 bridgehead atoms. The number of rotatable bonds is 6. The molecule has 4 heteroatoms. The number of nitrogens with one attached hydrogen (secondary N) is 2. The van der Waals surface area contributed by atoms with E-state index < -0.39 is 0 Å². The molecule has 0 amide bonds. The lowest BCUT2D eigenvalue weighted by Crippen LogP contribution is -2.08. The first-order chi connectivity index (χ1) is 10.8. The van der Waals surface area contributed by atoms with E-state index in [1.165, 1.54) is 22.6 Å². The van der Waals surface area contributed by atoms with Gasteiger partial charge in [0.15, 0.2) is 0 Å². The van der Waals surface area contributed by atoms with Gasteiger partial charge >= 0.3 is 0 Å². The van der Waals surface area contributed by atoms with Gasteiger partial charge in [-0.1, -0.05) is 30.0 Å². The number of H-pyrrole nitrogens is 1. The zero-order valence-corrected chi connectivity index (χ0v) is 13.3. The zero-order chi connectivity index (χ0) is 15.4. The summed E-state index contributed by atoms with van der Waals surface area (Å²) < 4.78 is 13.3. The van der Waals surface area contributed by atoms with Crippen molar-refractivity contribution in [3.8, 4) is 0 Å². The third-order valence-electron chi connectivity index (χ3n) is 3.67. The minimum atomic E-state index is -0.210. The number of aromatic nitrogens is 1. The summed E-state index contributed by atoms with van der Waals surface area (Å²) >= 11 is 1.74. The van der Waals surface area contributed by atoms with Crippen LogP contribution >= 0.6 is 11.8 Å². The molecule has 0 aliphatic rings. The molecule has 0 unspecified atom stereocenters. The van der Waals surface area contributed by atoms with Crippen LogP contribution in [0.2, 0.25) is 0 Å². The third kappa shape index (κ3) is 3.34. The maximum absolute atomic E-state index is 13.3. The Kier molecular flexibility index (Phi) is 4.80. The number of halogens is 1. The normalized spacial score (nSPS) is 11.2. The standard InChI is InChI=1S/C18H19FN2S/c1-20-10-4-6-13-5-2-3-7-17(13)22-18-12-21-16-11-14(19)8-9-15(16)18/h2-3,5,7-9,11-12,20-21H,4,6,10H2,1H3. The molecule has 0 spiro atoms. The van der Waals surface area contributed by atoms with E-state index >= 15 is 0 Å². The summed E-state index contributed by atoms with van der Waals surface area (Å²) in [6.07, 6.45) is 4.13. The topological polar surface area (TPSA) is 27.8 Å². The first kappa shape index (κ1) is 15.1. The maximum Gasteiger partial charge on any atom is 0.125 e. The van der Waals surface area contributed by atoms with Crippen LogP contribution in [-0.4, -0.2) is 18.6 Å². The van der Waals surface area contributed by atoms with E-state index in [1.54, 1.807) is 11.8 Å². The van der Waals surface area contributed by atoms with E-state index in [0.29, 0.717) is 0 Å². The lowest BCUT2D eigenvalue weighted by molar-refractivity contribution is 0.629. The van der Waals surface area contributed by atoms with Gasteiger partial charge in [0.25, 0.3) is 0 Å². The molecule has 0 aliphatic heterocycles. The molecule has 1 aromatic heterocycles. The lowest BCUT2D eigenvalue weighted by atomic mass is 10.1. The number of fused-ring (bicyclic) bond motifs is 1. The Morgan fingerprint density at radius 2 is 2.00 bits per heavy atom. The van der Waals surface area contributed by atoms with Crippen molar-refractivity contribution in [3.05, 3.63) is 60.0 Å². The van der Waals surface area contributed by atoms with E-state index in [2.05, 4.69) is 34.6 Å². The Labute approximate surface area is 134 Å². The minimum Gasteiger partial charge on any atom is -0.360 e. The van der Waals surface area contributed by atoms with Gasteiger partial charge in [0.05, 0.1) is 0 Å². The number of hydrogen-bond acceptors (Lipinski definition) is 2. The predicted molar refractivity (Wildman–Crippen MR) is 91.1 cm³/mol. The highest BCUT2D eigenvalue weighted by Gasteiger charge is 2.09. The highest BCUT2D eigenvalue weighted by atomic mass is 32.2. The van der Waals surface area contributed by atoms with Crippen LogP contribution in [0, 0.1) is 5.82 Å². The van der Waals surface area contributed by atoms with Crippen molar-refractivity contribution in [1.82, 2.24) is 10.3 Å². The molecule has 114 valence electrons. The Morgan fingerprint density at radius 1 is 1.14 bits per heavy atom. The summed E-state index contributed by atoms with van der Waals surface area (Å²) in [5.74, 6) is -0.210. The molecular formula is C18H19FN2S. The first-order valence-corrected chi connectivity index (χ1v) is 8.26. The Hall–Kier alpha value is -1.78. The van der Waals surface area contributed by atoms with Crippen LogP contribution in [0.25, 0.3) is 10.9 Å². The monoisotopic (exact) mass is 314 g/mol. The molecule has 0 fully saturated rings. The van der Waals surface area contributed by atoms with Crippen molar-refractivity contribution in [2.45, 2.75) is 22.6 Å². The van der Waals surface area contributed by atoms with Crippen LogP contribution in [0.1, 0.15) is 12.0 Å². The van der Waals surface area contributed by atoms with Crippen molar-refractivity contribution in [2.24, 2.45) is 0 Å². The van der Waals surface area contributed by atoms with Crippen LogP contribution in [0.3, 0.4) is 0 Å². The van der Waals surface area contributed by atoms with Crippen molar-refractivity contribution < 1.29 is 4.39 Å². The molecular weight excluding hydrogens is 295 g/mol. The Bertz CT molecular complexity index is 767. The van der Waals surface area contributed by atoms with E-state index in [0.717, 1.165) is 35.2 Å². The number of benzene rings is 2. The second-order valence-electron chi connectivity index (χ2n) is 5.26. The molecule has 22 heavy (non-hydrogen) atoms. The summed E-state index contributed by atoms with van der Waals surface area (Å²) in [7, 11) is 1.98. The highest BCUT2D eigenvalue weighted by Crippen LogP contribution is 2.35. The Morgan fingerprint density at radius 3 is 2.86 bits per heavy atom. The van der Waals surface area contributed by atoms with Gasteiger partial charge in [-0.25, -0.2) is 4.39 Å². The van der Waals surface area contributed by atoms with Crippen LogP contribution in [0.4, 0.5) is 4.39 Å². The average molecular weight is 314 g/mol. The molecule has 2 N–H and O–H groups in total. The van der Waals surface area contributed by atoms with Gasteiger partial charge in [-0.05, 0) is 56.3 Å². The van der Waals surface area contributed by atoms with Crippen molar-refractivity contribution in [2.75, 3.05) is 13.6 Å². The van der Waals surface area contributed by atoms with Crippen molar-refractivity contribution in [3.63, 3.8) is 0 Å². The van der Waals surface area contributed by atoms with Gasteiger partial charge in [0.2, 0.25) is 0 Å². The van der Waals surface area contributed by atoms with Crippen molar-refractivity contribution in [1.29, 1.82) is 0 Å². The largest absolute Gasteiger partial charge is 0.360 e. The average Bonchev–Trinajstić information content (AvgIpc) is 2.91. The highest BCUT2D eigenvalue weighted by molar-refractivity contribution is 7.99. The number of aromatic amines is 1. The molecule has 2 aromatic carbocycles. The van der Waals surface area contributed by atoms with Gasteiger partial charge in [-0.3, -0.25) is 0 Å². The Balaban J connectivity index is 1.85. The second kappa shape index (κ2) is 6.99. The van der Waals surface area contributed by atoms with Gasteiger partial charge in [0.1, 0.15) is 5.82 Å². The molecule has 0 radical (unpaired) electrons. The van der Waals surface area contributed by atoms with E-state index in [9.17, 15) is 4.39 Å². The van der Waals surface area contributed by atoms with E-state index in [-0.39, 0.29) is 5.82 Å². The van der Waals surface area contributed by atoms with E-state index in [1.807, 2.05) is 19.3 Å². The van der Waals surface area contributed by atoms with Gasteiger partial charge in [0, 0.05) is 26.9 Å². The molecule has 3 rings (SSSR count). The summed E-state index contributed by atoms with van der Waals surface area (Å²) in [4.78, 5) is 5.55. The smallest absolute Gasteiger partial charge is 0.125 e. The maximum atomic E-state index is 13.3. The lowest BCUT2D eigenvalue weighted by Gasteiger charge is -2.08. The third-order valence-corrected chi connectivity index (χ3v) is 4.85. The molecule has 0 aliphatic carbocycles. The quantitative estimate of drug-likeness (QED) is 0.650. The van der Waals surface area contributed by atoms with Crippen molar-refractivity contribution >= 4 is 22.7 Å². The first-order valence-electron chi connectivity index (χ1n) is 7.45.